The van der Waals surface area contributed by atoms with Crippen molar-refractivity contribution in [1.29, 1.82) is 0 Å². The summed E-state index contributed by atoms with van der Waals surface area (Å²) in [4.78, 5) is 0. The average molecular weight is 184 g/mol. The van der Waals surface area contributed by atoms with E-state index in [1.54, 1.807) is 14.2 Å². The lowest BCUT2D eigenvalue weighted by molar-refractivity contribution is 0.277. The van der Waals surface area contributed by atoms with Crippen LogP contribution in [-0.2, 0) is 11.2 Å². The van der Waals surface area contributed by atoms with Crippen LogP contribution in [0.1, 0.15) is 5.56 Å². The first-order chi connectivity index (χ1) is 5.85. The van der Waals surface area contributed by atoms with E-state index in [1.165, 1.54) is 5.56 Å². The van der Waals surface area contributed by atoms with Gasteiger partial charge in [0, 0.05) is 14.2 Å². The molecule has 0 bridgehead atoms. The van der Waals surface area contributed by atoms with Crippen LogP contribution in [0.5, 0.6) is 0 Å². The van der Waals surface area contributed by atoms with Gasteiger partial charge in [-0.05, 0) is 12.0 Å². The lowest BCUT2D eigenvalue weighted by Crippen LogP contribution is -1.75. The van der Waals surface area contributed by atoms with Crippen LogP contribution < -0.4 is 0 Å². The van der Waals surface area contributed by atoms with E-state index in [4.69, 9.17) is 0 Å². The maximum atomic E-state index is 4.25. The number of methoxy groups -OCH3 is 1. The van der Waals surface area contributed by atoms with E-state index in [0.717, 1.165) is 6.42 Å². The van der Waals surface area contributed by atoms with Crippen molar-refractivity contribution >= 4 is 0 Å². The van der Waals surface area contributed by atoms with Crippen LogP contribution in [0.15, 0.2) is 43.0 Å². The van der Waals surface area contributed by atoms with Crippen LogP contribution in [-0.4, -0.2) is 14.2 Å². The van der Waals surface area contributed by atoms with Crippen molar-refractivity contribution in [3.8, 4) is 0 Å². The number of allylic oxidation sites excluding steroid dienone is 1. The van der Waals surface area contributed by atoms with Gasteiger partial charge in [-0.25, -0.2) is 0 Å². The molecule has 2 heteroatoms. The predicted octanol–water partition coefficient (Wildman–Crippen LogP) is 2.83. The number of ether oxygens (including phenoxy) is 1. The molecule has 0 saturated heterocycles. The monoisotopic (exact) mass is 184 g/mol. The predicted molar refractivity (Wildman–Crippen MR) is 55.8 cm³/mol. The van der Waals surface area contributed by atoms with Gasteiger partial charge < -0.3 is 4.74 Å². The molecular formula is C11H17FO. The van der Waals surface area contributed by atoms with Gasteiger partial charge >= 0.3 is 0 Å². The van der Waals surface area contributed by atoms with Gasteiger partial charge in [0.15, 0.2) is 0 Å². The molecule has 0 heterocycles. The molecule has 1 nitrogen and oxygen atoms in total. The van der Waals surface area contributed by atoms with E-state index >= 15 is 0 Å². The summed E-state index contributed by atoms with van der Waals surface area (Å²) < 4.78 is 4.25. The Labute approximate surface area is 79.4 Å². The van der Waals surface area contributed by atoms with Gasteiger partial charge in [-0.1, -0.05) is 36.4 Å². The SMILES string of the molecule is C=CCc1ccccc1.COC.F. The van der Waals surface area contributed by atoms with Crippen molar-refractivity contribution < 1.29 is 9.44 Å². The first kappa shape index (κ1) is 14.4. The maximum absolute atomic E-state index is 4.25. The zero-order valence-corrected chi connectivity index (χ0v) is 8.19. The minimum Gasteiger partial charge on any atom is -0.388 e. The van der Waals surface area contributed by atoms with Crippen LogP contribution in [0.4, 0.5) is 4.70 Å². The Balaban J connectivity index is 0. The Morgan fingerprint density at radius 1 is 1.23 bits per heavy atom. The number of hydrogen-bond acceptors (Lipinski definition) is 1. The highest BCUT2D eigenvalue weighted by atomic mass is 19.0. The van der Waals surface area contributed by atoms with E-state index < -0.39 is 0 Å². The van der Waals surface area contributed by atoms with Crippen molar-refractivity contribution in [2.45, 2.75) is 6.42 Å². The summed E-state index contributed by atoms with van der Waals surface area (Å²) in [6.07, 6.45) is 2.89. The molecule has 0 aliphatic rings. The highest BCUT2D eigenvalue weighted by molar-refractivity contribution is 5.16. The van der Waals surface area contributed by atoms with Crippen LogP contribution in [0.25, 0.3) is 0 Å². The molecule has 0 N–H and O–H groups in total. The molecule has 0 aliphatic heterocycles. The fourth-order valence-electron chi connectivity index (χ4n) is 0.781. The van der Waals surface area contributed by atoms with Gasteiger partial charge in [0.05, 0.1) is 0 Å². The van der Waals surface area contributed by atoms with Crippen LogP contribution >= 0.6 is 0 Å². The fourth-order valence-corrected chi connectivity index (χ4v) is 0.781. The third kappa shape index (κ3) is 8.76. The fraction of sp³-hybridized carbons (Fsp3) is 0.273. The molecule has 1 aromatic carbocycles. The topological polar surface area (TPSA) is 9.23 Å². The van der Waals surface area contributed by atoms with Crippen LogP contribution in [0.3, 0.4) is 0 Å². The number of benzene rings is 1. The Bertz CT molecular complexity index is 197. The normalized spacial score (nSPS) is 7.54. The molecule has 0 aromatic heterocycles. The maximum Gasteiger partial charge on any atom is 0.0351 e. The van der Waals surface area contributed by atoms with Crippen molar-refractivity contribution in [3.63, 3.8) is 0 Å². The van der Waals surface area contributed by atoms with Gasteiger partial charge in [0.25, 0.3) is 0 Å². The van der Waals surface area contributed by atoms with E-state index in [0.29, 0.717) is 0 Å². The quantitative estimate of drug-likeness (QED) is 0.642. The number of rotatable bonds is 2. The molecule has 0 unspecified atom stereocenters. The zero-order chi connectivity index (χ0) is 9.23. The summed E-state index contributed by atoms with van der Waals surface area (Å²) in [5.74, 6) is 0. The van der Waals surface area contributed by atoms with Gasteiger partial charge in [0.1, 0.15) is 0 Å². The molecule has 0 radical (unpaired) electrons. The second-order valence-electron chi connectivity index (χ2n) is 2.39. The van der Waals surface area contributed by atoms with Crippen molar-refractivity contribution in [3.05, 3.63) is 48.6 Å². The van der Waals surface area contributed by atoms with Crippen molar-refractivity contribution in [1.82, 2.24) is 0 Å². The Kier molecular flexibility index (Phi) is 12.0. The van der Waals surface area contributed by atoms with Crippen molar-refractivity contribution in [2.24, 2.45) is 0 Å². The summed E-state index contributed by atoms with van der Waals surface area (Å²) in [7, 11) is 3.25. The standard InChI is InChI=1S/C9H10.C2H6O.FH/c1-2-6-9-7-4-3-5-8-9;1-3-2;/h2-5,7-8H,1,6H2;1-2H3;1H. The molecule has 0 spiro atoms. The molecule has 13 heavy (non-hydrogen) atoms. The second-order valence-corrected chi connectivity index (χ2v) is 2.39. The van der Waals surface area contributed by atoms with E-state index in [1.807, 2.05) is 24.3 Å². The second kappa shape index (κ2) is 10.8. The van der Waals surface area contributed by atoms with Crippen LogP contribution in [0, 0.1) is 0 Å². The average Bonchev–Trinajstić information content (AvgIpc) is 2.08. The third-order valence-corrected chi connectivity index (χ3v) is 1.22. The molecule has 1 rings (SSSR count). The number of halogens is 1. The molecule has 0 aliphatic carbocycles. The first-order valence-electron chi connectivity index (χ1n) is 3.90. The zero-order valence-electron chi connectivity index (χ0n) is 8.19. The third-order valence-electron chi connectivity index (χ3n) is 1.22. The summed E-state index contributed by atoms with van der Waals surface area (Å²) in [5, 5.41) is 0. The largest absolute Gasteiger partial charge is 0.388 e. The van der Waals surface area contributed by atoms with Gasteiger partial charge in [-0.15, -0.1) is 6.58 Å². The summed E-state index contributed by atoms with van der Waals surface area (Å²) in [6, 6.07) is 10.3. The molecule has 1 aromatic rings. The lowest BCUT2D eigenvalue weighted by atomic mass is 10.2. The summed E-state index contributed by atoms with van der Waals surface area (Å²) in [5.41, 5.74) is 1.33. The summed E-state index contributed by atoms with van der Waals surface area (Å²) in [6.45, 7) is 3.66. The minimum atomic E-state index is 0. The van der Waals surface area contributed by atoms with Gasteiger partial charge in [-0.2, -0.15) is 0 Å². The van der Waals surface area contributed by atoms with Crippen LogP contribution in [0.2, 0.25) is 0 Å². The highest BCUT2D eigenvalue weighted by Gasteiger charge is 1.82. The smallest absolute Gasteiger partial charge is 0.0351 e. The molecule has 74 valence electrons. The van der Waals surface area contributed by atoms with Gasteiger partial charge in [0.2, 0.25) is 0 Å². The first-order valence-corrected chi connectivity index (χ1v) is 3.90. The lowest BCUT2D eigenvalue weighted by Gasteiger charge is -1.91. The van der Waals surface area contributed by atoms with Crippen molar-refractivity contribution in [2.75, 3.05) is 14.2 Å². The number of hydrogen-bond donors (Lipinski definition) is 0. The summed E-state index contributed by atoms with van der Waals surface area (Å²) >= 11 is 0. The molecule has 0 fully saturated rings. The van der Waals surface area contributed by atoms with E-state index in [9.17, 15) is 0 Å². The van der Waals surface area contributed by atoms with Gasteiger partial charge in [-0.3, -0.25) is 4.70 Å². The molecule has 0 saturated carbocycles. The minimum absolute atomic E-state index is 0. The Hall–Kier alpha value is -1.15. The molecule has 0 amide bonds. The molecule has 0 atom stereocenters. The van der Waals surface area contributed by atoms with E-state index in [-0.39, 0.29) is 4.70 Å². The molecular weight excluding hydrogens is 167 g/mol. The van der Waals surface area contributed by atoms with E-state index in [2.05, 4.69) is 23.4 Å². The highest BCUT2D eigenvalue weighted by Crippen LogP contribution is 1.98. The Morgan fingerprint density at radius 3 is 2.08 bits per heavy atom. The Morgan fingerprint density at radius 2 is 1.69 bits per heavy atom.